The van der Waals surface area contributed by atoms with Crippen LogP contribution in [-0.4, -0.2) is 61.7 Å². The van der Waals surface area contributed by atoms with Crippen molar-refractivity contribution < 1.29 is 14.7 Å². The van der Waals surface area contributed by atoms with Gasteiger partial charge in [0.2, 0.25) is 5.91 Å². The lowest BCUT2D eigenvalue weighted by atomic mass is 9.98. The standard InChI is InChI=1S/C15H17ClN6O3.ClH/c16-12-4-3-11(22-9-17-19-20-22)6-13(12)18-14(23)8-21-5-1-2-10(7-21)15(24)25;/h3-4,6,9-10H,1-2,5,7-8H2,(H,18,23)(H,24,25);1H. The SMILES string of the molecule is Cl.O=C(CN1CCCC(C(=O)O)C1)Nc1cc(-n2cnnn2)ccc1Cl. The number of amides is 1. The molecule has 1 unspecified atom stereocenters. The molecule has 1 aliphatic rings. The number of hydrogen-bond donors (Lipinski definition) is 2. The van der Waals surface area contributed by atoms with Crippen LogP contribution in [0.5, 0.6) is 0 Å². The molecule has 1 amide bonds. The summed E-state index contributed by atoms with van der Waals surface area (Å²) in [4.78, 5) is 25.3. The lowest BCUT2D eigenvalue weighted by Gasteiger charge is -2.29. The van der Waals surface area contributed by atoms with Crippen molar-refractivity contribution in [2.45, 2.75) is 12.8 Å². The Morgan fingerprint density at radius 2 is 2.19 bits per heavy atom. The van der Waals surface area contributed by atoms with Gasteiger partial charge in [-0.1, -0.05) is 11.6 Å². The topological polar surface area (TPSA) is 113 Å². The molecule has 2 N–H and O–H groups in total. The van der Waals surface area contributed by atoms with Gasteiger partial charge in [0, 0.05) is 6.54 Å². The first-order valence-corrected chi connectivity index (χ1v) is 8.18. The fourth-order valence-corrected chi connectivity index (χ4v) is 2.99. The van der Waals surface area contributed by atoms with Crippen LogP contribution in [0.25, 0.3) is 5.69 Å². The number of carboxylic acid groups (broad SMARTS) is 1. The molecule has 1 atom stereocenters. The number of nitrogens with one attached hydrogen (secondary N) is 1. The third-order valence-electron chi connectivity index (χ3n) is 4.06. The first-order valence-electron chi connectivity index (χ1n) is 7.81. The first-order chi connectivity index (χ1) is 12.0. The average Bonchev–Trinajstić information content (AvgIpc) is 3.11. The quantitative estimate of drug-likeness (QED) is 0.780. The second-order valence-electron chi connectivity index (χ2n) is 5.88. The Kier molecular flexibility index (Phi) is 6.90. The summed E-state index contributed by atoms with van der Waals surface area (Å²) in [6.45, 7) is 1.20. The van der Waals surface area contributed by atoms with Crippen molar-refractivity contribution in [3.8, 4) is 5.69 Å². The summed E-state index contributed by atoms with van der Waals surface area (Å²) in [5, 5.41) is 23.2. The molecule has 2 aromatic rings. The van der Waals surface area contributed by atoms with Crippen molar-refractivity contribution in [1.29, 1.82) is 0 Å². The zero-order valence-electron chi connectivity index (χ0n) is 13.7. The number of nitrogens with zero attached hydrogens (tertiary/aromatic N) is 5. The molecule has 0 aliphatic carbocycles. The summed E-state index contributed by atoms with van der Waals surface area (Å²) < 4.78 is 1.45. The molecule has 26 heavy (non-hydrogen) atoms. The number of carbonyl (C=O) groups is 2. The summed E-state index contributed by atoms with van der Waals surface area (Å²) in [6.07, 6.45) is 2.85. The Hall–Kier alpha value is -2.23. The van der Waals surface area contributed by atoms with Gasteiger partial charge in [-0.05, 0) is 48.0 Å². The highest BCUT2D eigenvalue weighted by molar-refractivity contribution is 6.33. The highest BCUT2D eigenvalue weighted by atomic mass is 35.5. The molecule has 140 valence electrons. The number of hydrogen-bond acceptors (Lipinski definition) is 6. The molecular formula is C15H18Cl2N6O3. The van der Waals surface area contributed by atoms with Gasteiger partial charge >= 0.3 is 5.97 Å². The average molecular weight is 401 g/mol. The van der Waals surface area contributed by atoms with Crippen LogP contribution in [0.4, 0.5) is 5.69 Å². The number of halogens is 2. The van der Waals surface area contributed by atoms with Crippen LogP contribution in [0.3, 0.4) is 0 Å². The van der Waals surface area contributed by atoms with Crippen LogP contribution in [-0.2, 0) is 9.59 Å². The maximum absolute atomic E-state index is 12.3. The molecule has 1 saturated heterocycles. The molecule has 1 aromatic carbocycles. The second-order valence-corrected chi connectivity index (χ2v) is 6.29. The third kappa shape index (κ3) is 4.90. The molecular weight excluding hydrogens is 383 g/mol. The van der Waals surface area contributed by atoms with Gasteiger partial charge in [0.1, 0.15) is 6.33 Å². The van der Waals surface area contributed by atoms with E-state index in [1.54, 1.807) is 18.2 Å². The molecule has 0 spiro atoms. The summed E-state index contributed by atoms with van der Waals surface area (Å²) in [7, 11) is 0. The summed E-state index contributed by atoms with van der Waals surface area (Å²) in [5.41, 5.74) is 1.11. The van der Waals surface area contributed by atoms with E-state index >= 15 is 0 Å². The number of benzene rings is 1. The number of carboxylic acids is 1. The van der Waals surface area contributed by atoms with Crippen LogP contribution < -0.4 is 5.32 Å². The molecule has 0 radical (unpaired) electrons. The lowest BCUT2D eigenvalue weighted by Crippen LogP contribution is -2.42. The highest BCUT2D eigenvalue weighted by Gasteiger charge is 2.26. The predicted molar refractivity (Wildman–Crippen MR) is 96.8 cm³/mol. The summed E-state index contributed by atoms with van der Waals surface area (Å²) in [5.74, 6) is -1.49. The van der Waals surface area contributed by atoms with Gasteiger partial charge in [-0.15, -0.1) is 17.5 Å². The van der Waals surface area contributed by atoms with Gasteiger partial charge in [0.15, 0.2) is 0 Å². The minimum absolute atomic E-state index is 0. The van der Waals surface area contributed by atoms with Gasteiger partial charge in [-0.25, -0.2) is 4.68 Å². The van der Waals surface area contributed by atoms with Crippen molar-refractivity contribution in [2.75, 3.05) is 25.0 Å². The van der Waals surface area contributed by atoms with E-state index < -0.39 is 11.9 Å². The summed E-state index contributed by atoms with van der Waals surface area (Å²) in [6, 6.07) is 5.05. The van der Waals surface area contributed by atoms with Gasteiger partial charge < -0.3 is 10.4 Å². The van der Waals surface area contributed by atoms with E-state index in [-0.39, 0.29) is 24.9 Å². The van der Waals surface area contributed by atoms with Gasteiger partial charge in [0.05, 0.1) is 28.9 Å². The normalized spacial score (nSPS) is 17.3. The zero-order chi connectivity index (χ0) is 17.8. The van der Waals surface area contributed by atoms with Crippen molar-refractivity contribution in [1.82, 2.24) is 25.1 Å². The molecule has 1 aromatic heterocycles. The minimum Gasteiger partial charge on any atom is -0.481 e. The van der Waals surface area contributed by atoms with E-state index in [2.05, 4.69) is 20.8 Å². The van der Waals surface area contributed by atoms with Crippen LogP contribution in [0.15, 0.2) is 24.5 Å². The number of tetrazole rings is 1. The Morgan fingerprint density at radius 1 is 1.38 bits per heavy atom. The van der Waals surface area contributed by atoms with E-state index in [1.165, 1.54) is 11.0 Å². The minimum atomic E-state index is -0.817. The van der Waals surface area contributed by atoms with Crippen LogP contribution in [0.1, 0.15) is 12.8 Å². The third-order valence-corrected chi connectivity index (χ3v) is 4.39. The monoisotopic (exact) mass is 400 g/mol. The number of piperidine rings is 1. The zero-order valence-corrected chi connectivity index (χ0v) is 15.3. The van der Waals surface area contributed by atoms with Gasteiger partial charge in [0.25, 0.3) is 0 Å². The number of aliphatic carboxylic acids is 1. The first kappa shape index (κ1) is 20.1. The van der Waals surface area contributed by atoms with Crippen molar-refractivity contribution in [3.63, 3.8) is 0 Å². The van der Waals surface area contributed by atoms with Crippen LogP contribution in [0, 0.1) is 5.92 Å². The van der Waals surface area contributed by atoms with Crippen molar-refractivity contribution in [3.05, 3.63) is 29.5 Å². The fourth-order valence-electron chi connectivity index (χ4n) is 2.82. The highest BCUT2D eigenvalue weighted by Crippen LogP contribution is 2.24. The number of carbonyl (C=O) groups excluding carboxylic acids is 1. The molecule has 1 aliphatic heterocycles. The van der Waals surface area contributed by atoms with Crippen molar-refractivity contribution in [2.24, 2.45) is 5.92 Å². The van der Waals surface area contributed by atoms with Crippen molar-refractivity contribution >= 4 is 41.6 Å². The Balaban J connectivity index is 0.00000243. The molecule has 1 fully saturated rings. The molecule has 9 nitrogen and oxygen atoms in total. The van der Waals surface area contributed by atoms with Crippen LogP contribution in [0.2, 0.25) is 5.02 Å². The number of anilines is 1. The largest absolute Gasteiger partial charge is 0.481 e. The molecule has 0 bridgehead atoms. The Morgan fingerprint density at radius 3 is 2.88 bits per heavy atom. The lowest BCUT2D eigenvalue weighted by molar-refractivity contribution is -0.144. The maximum atomic E-state index is 12.3. The maximum Gasteiger partial charge on any atom is 0.307 e. The molecule has 11 heteroatoms. The van der Waals surface area contributed by atoms with Gasteiger partial charge in [-0.3, -0.25) is 14.5 Å². The summed E-state index contributed by atoms with van der Waals surface area (Å²) >= 11 is 6.14. The van der Waals surface area contributed by atoms with Crippen LogP contribution >= 0.6 is 24.0 Å². The predicted octanol–water partition coefficient (Wildman–Crippen LogP) is 1.47. The number of aromatic nitrogens is 4. The number of rotatable bonds is 5. The Bertz CT molecular complexity index is 771. The molecule has 0 saturated carbocycles. The second kappa shape index (κ2) is 8.93. The van der Waals surface area contributed by atoms with E-state index in [0.29, 0.717) is 35.9 Å². The smallest absolute Gasteiger partial charge is 0.307 e. The van der Waals surface area contributed by atoms with E-state index in [9.17, 15) is 9.59 Å². The molecule has 3 rings (SSSR count). The van der Waals surface area contributed by atoms with E-state index in [0.717, 1.165) is 6.42 Å². The molecule has 2 heterocycles. The Labute approximate surface area is 160 Å². The van der Waals surface area contributed by atoms with E-state index in [1.807, 2.05) is 4.90 Å². The van der Waals surface area contributed by atoms with Gasteiger partial charge in [-0.2, -0.15) is 0 Å². The van der Waals surface area contributed by atoms with E-state index in [4.69, 9.17) is 16.7 Å². The number of likely N-dealkylation sites (tertiary alicyclic amines) is 1. The fraction of sp³-hybridized carbons (Fsp3) is 0.400.